The summed E-state index contributed by atoms with van der Waals surface area (Å²) in [5, 5.41) is 19.7. The Hall–Kier alpha value is -1.52. The third kappa shape index (κ3) is 6.05. The molecular weight excluding hydrogens is 186 g/mol. The Morgan fingerprint density at radius 2 is 2.00 bits per heavy atom. The van der Waals surface area contributed by atoms with Crippen molar-refractivity contribution < 1.29 is 19.8 Å². The third-order valence-corrected chi connectivity index (χ3v) is 1.56. The summed E-state index contributed by atoms with van der Waals surface area (Å²) < 4.78 is 0. The van der Waals surface area contributed by atoms with Crippen molar-refractivity contribution in [2.24, 2.45) is 0 Å². The second-order valence-electron chi connectivity index (χ2n) is 2.80. The van der Waals surface area contributed by atoms with Gasteiger partial charge in [0.2, 0.25) is 0 Å². The molecule has 14 heavy (non-hydrogen) atoms. The zero-order valence-corrected chi connectivity index (χ0v) is 8.12. The number of hydrogen-bond donors (Lipinski definition) is 3. The van der Waals surface area contributed by atoms with Gasteiger partial charge >= 0.3 is 11.9 Å². The Labute approximate surface area is 82.4 Å². The molecular formula is C9H15NO4. The van der Waals surface area contributed by atoms with Crippen molar-refractivity contribution in [3.05, 3.63) is 11.8 Å². The average molecular weight is 201 g/mol. The van der Waals surface area contributed by atoms with Crippen LogP contribution in [-0.2, 0) is 9.59 Å². The van der Waals surface area contributed by atoms with Gasteiger partial charge in [0.05, 0.1) is 6.42 Å². The van der Waals surface area contributed by atoms with E-state index in [1.807, 2.05) is 6.92 Å². The van der Waals surface area contributed by atoms with E-state index in [1.165, 1.54) is 6.08 Å². The fourth-order valence-electron chi connectivity index (χ4n) is 0.824. The number of hydrogen-bond acceptors (Lipinski definition) is 3. The fraction of sp³-hybridized carbons (Fsp3) is 0.556. The minimum absolute atomic E-state index is 0.0409. The zero-order valence-electron chi connectivity index (χ0n) is 8.12. The molecule has 0 radical (unpaired) electrons. The summed E-state index contributed by atoms with van der Waals surface area (Å²) in [4.78, 5) is 20.8. The molecule has 0 aliphatic heterocycles. The lowest BCUT2D eigenvalue weighted by Crippen LogP contribution is -2.21. The predicted molar refractivity (Wildman–Crippen MR) is 50.9 cm³/mol. The number of rotatable bonds is 7. The molecule has 0 bridgehead atoms. The van der Waals surface area contributed by atoms with Crippen molar-refractivity contribution >= 4 is 11.9 Å². The van der Waals surface area contributed by atoms with Gasteiger partial charge in [0.15, 0.2) is 0 Å². The van der Waals surface area contributed by atoms with Crippen LogP contribution in [-0.4, -0.2) is 28.7 Å². The molecule has 5 heteroatoms. The van der Waals surface area contributed by atoms with Gasteiger partial charge in [-0.1, -0.05) is 13.3 Å². The lowest BCUT2D eigenvalue weighted by Gasteiger charge is -2.05. The normalized spacial score (nSPS) is 11.1. The minimum atomic E-state index is -1.12. The Kier molecular flexibility index (Phi) is 6.19. The SMILES string of the molecule is CCCCNC(=CCC(=O)O)C(=O)O. The van der Waals surface area contributed by atoms with Crippen LogP contribution in [0.4, 0.5) is 0 Å². The average Bonchev–Trinajstić information content (AvgIpc) is 2.10. The van der Waals surface area contributed by atoms with E-state index >= 15 is 0 Å². The molecule has 0 amide bonds. The van der Waals surface area contributed by atoms with E-state index in [9.17, 15) is 9.59 Å². The van der Waals surface area contributed by atoms with E-state index in [4.69, 9.17) is 10.2 Å². The van der Waals surface area contributed by atoms with Crippen LogP contribution in [0.1, 0.15) is 26.2 Å². The highest BCUT2D eigenvalue weighted by Gasteiger charge is 2.06. The second-order valence-corrected chi connectivity index (χ2v) is 2.80. The highest BCUT2D eigenvalue weighted by molar-refractivity contribution is 5.86. The maximum atomic E-state index is 10.6. The van der Waals surface area contributed by atoms with Crippen molar-refractivity contribution in [1.82, 2.24) is 5.32 Å². The molecule has 0 spiro atoms. The van der Waals surface area contributed by atoms with Gasteiger partial charge in [0.25, 0.3) is 0 Å². The van der Waals surface area contributed by atoms with Crippen LogP contribution in [0, 0.1) is 0 Å². The summed E-state index contributed by atoms with van der Waals surface area (Å²) in [6.07, 6.45) is 2.71. The Morgan fingerprint density at radius 1 is 1.36 bits per heavy atom. The van der Waals surface area contributed by atoms with E-state index in [0.29, 0.717) is 6.54 Å². The summed E-state index contributed by atoms with van der Waals surface area (Å²) in [6.45, 7) is 2.54. The number of carboxylic acids is 2. The molecule has 80 valence electrons. The van der Waals surface area contributed by atoms with Gasteiger partial charge in [-0.05, 0) is 12.5 Å². The standard InChI is InChI=1S/C9H15NO4/c1-2-3-6-10-7(9(13)14)4-5-8(11)12/h4,10H,2-3,5-6H2,1H3,(H,11,12)(H,13,14). The number of aliphatic carboxylic acids is 2. The van der Waals surface area contributed by atoms with Crippen LogP contribution in [0.3, 0.4) is 0 Å². The predicted octanol–water partition coefficient (Wildman–Crippen LogP) is 0.819. The molecule has 0 saturated carbocycles. The third-order valence-electron chi connectivity index (χ3n) is 1.56. The highest BCUT2D eigenvalue weighted by Crippen LogP contribution is 1.94. The van der Waals surface area contributed by atoms with Crippen LogP contribution in [0.5, 0.6) is 0 Å². The molecule has 3 N–H and O–H groups in total. The largest absolute Gasteiger partial charge is 0.481 e. The fourth-order valence-corrected chi connectivity index (χ4v) is 0.824. The Balaban J connectivity index is 4.08. The molecule has 0 rings (SSSR count). The van der Waals surface area contributed by atoms with Crippen molar-refractivity contribution in [2.75, 3.05) is 6.54 Å². The highest BCUT2D eigenvalue weighted by atomic mass is 16.4. The van der Waals surface area contributed by atoms with Crippen LogP contribution in [0.25, 0.3) is 0 Å². The quantitative estimate of drug-likeness (QED) is 0.419. The number of carbonyl (C=O) groups is 2. The van der Waals surface area contributed by atoms with Crippen LogP contribution < -0.4 is 5.32 Å². The van der Waals surface area contributed by atoms with Crippen LogP contribution >= 0.6 is 0 Å². The van der Waals surface area contributed by atoms with Crippen molar-refractivity contribution in [1.29, 1.82) is 0 Å². The first-order chi connectivity index (χ1) is 6.57. The van der Waals surface area contributed by atoms with Gasteiger partial charge in [0, 0.05) is 6.54 Å². The van der Waals surface area contributed by atoms with Gasteiger partial charge in [-0.15, -0.1) is 0 Å². The summed E-state index contributed by atoms with van der Waals surface area (Å²) in [7, 11) is 0. The van der Waals surface area contributed by atoms with Crippen LogP contribution in [0.15, 0.2) is 11.8 Å². The van der Waals surface area contributed by atoms with Crippen molar-refractivity contribution in [2.45, 2.75) is 26.2 Å². The lowest BCUT2D eigenvalue weighted by molar-refractivity contribution is -0.136. The molecule has 5 nitrogen and oxygen atoms in total. The smallest absolute Gasteiger partial charge is 0.351 e. The Bertz CT molecular complexity index is 235. The molecule has 0 unspecified atom stereocenters. The summed E-state index contributed by atoms with van der Waals surface area (Å²) >= 11 is 0. The van der Waals surface area contributed by atoms with E-state index in [0.717, 1.165) is 12.8 Å². The second kappa shape index (κ2) is 6.94. The first kappa shape index (κ1) is 12.5. The van der Waals surface area contributed by atoms with E-state index in [-0.39, 0.29) is 12.1 Å². The van der Waals surface area contributed by atoms with Gasteiger partial charge in [0.1, 0.15) is 5.70 Å². The van der Waals surface area contributed by atoms with E-state index in [2.05, 4.69) is 5.32 Å². The van der Waals surface area contributed by atoms with Gasteiger partial charge in [-0.2, -0.15) is 0 Å². The summed E-state index contributed by atoms with van der Waals surface area (Å²) in [5.74, 6) is -2.16. The molecule has 0 fully saturated rings. The number of unbranched alkanes of at least 4 members (excludes halogenated alkanes) is 1. The lowest BCUT2D eigenvalue weighted by atomic mass is 10.3. The molecule has 0 aromatic heterocycles. The number of carboxylic acid groups (broad SMARTS) is 2. The van der Waals surface area contributed by atoms with Gasteiger partial charge in [-0.3, -0.25) is 4.79 Å². The molecule has 0 aromatic carbocycles. The van der Waals surface area contributed by atoms with E-state index < -0.39 is 11.9 Å². The zero-order chi connectivity index (χ0) is 11.0. The molecule has 0 heterocycles. The molecule has 0 aliphatic rings. The van der Waals surface area contributed by atoms with Gasteiger partial charge in [-0.25, -0.2) is 4.79 Å². The monoisotopic (exact) mass is 201 g/mol. The van der Waals surface area contributed by atoms with Crippen molar-refractivity contribution in [3.63, 3.8) is 0 Å². The minimum Gasteiger partial charge on any atom is -0.481 e. The first-order valence-electron chi connectivity index (χ1n) is 4.47. The van der Waals surface area contributed by atoms with Crippen LogP contribution in [0.2, 0.25) is 0 Å². The molecule has 0 saturated heterocycles. The maximum absolute atomic E-state index is 10.6. The number of nitrogens with one attached hydrogen (secondary N) is 1. The maximum Gasteiger partial charge on any atom is 0.351 e. The topological polar surface area (TPSA) is 86.6 Å². The summed E-state index contributed by atoms with van der Waals surface area (Å²) in [5.41, 5.74) is -0.0409. The summed E-state index contributed by atoms with van der Waals surface area (Å²) in [6, 6.07) is 0. The molecule has 0 atom stereocenters. The molecule has 0 aliphatic carbocycles. The molecule has 0 aromatic rings. The van der Waals surface area contributed by atoms with E-state index in [1.54, 1.807) is 0 Å². The first-order valence-corrected chi connectivity index (χ1v) is 4.47. The Morgan fingerprint density at radius 3 is 2.43 bits per heavy atom. The van der Waals surface area contributed by atoms with Crippen molar-refractivity contribution in [3.8, 4) is 0 Å². The van der Waals surface area contributed by atoms with Gasteiger partial charge < -0.3 is 15.5 Å².